The number of methoxy groups -OCH3 is 2. The molecule has 0 spiro atoms. The molecule has 0 amide bonds. The average Bonchev–Trinajstić information content (AvgIpc) is 3.30. The molecule has 0 saturated heterocycles. The number of aromatic nitrogens is 2. The summed E-state index contributed by atoms with van der Waals surface area (Å²) in [6.45, 7) is 0. The molecular weight excluding hydrogens is 418 g/mol. The lowest BCUT2D eigenvalue weighted by Crippen LogP contribution is -2.14. The van der Waals surface area contributed by atoms with Crippen molar-refractivity contribution in [3.8, 4) is 34.4 Å². The van der Waals surface area contributed by atoms with Gasteiger partial charge in [-0.3, -0.25) is 4.72 Å². The first-order valence-electron chi connectivity index (χ1n) is 9.24. The zero-order valence-electron chi connectivity index (χ0n) is 16.8. The average molecular weight is 437 g/mol. The van der Waals surface area contributed by atoms with Gasteiger partial charge in [-0.2, -0.15) is 0 Å². The van der Waals surface area contributed by atoms with Crippen molar-refractivity contribution in [1.82, 2.24) is 10.2 Å². The third kappa shape index (κ3) is 4.36. The van der Waals surface area contributed by atoms with Gasteiger partial charge in [-0.1, -0.05) is 18.2 Å². The Morgan fingerprint density at radius 3 is 2.13 bits per heavy atom. The van der Waals surface area contributed by atoms with Gasteiger partial charge in [0.25, 0.3) is 10.0 Å². The van der Waals surface area contributed by atoms with Gasteiger partial charge in [-0.15, -0.1) is 10.2 Å². The van der Waals surface area contributed by atoms with Crippen LogP contribution in [-0.4, -0.2) is 32.8 Å². The number of hydrogen-bond acceptors (Lipinski definition) is 7. The number of sulfonamides is 1. The van der Waals surface area contributed by atoms with Crippen molar-refractivity contribution in [1.29, 1.82) is 0 Å². The predicted molar refractivity (Wildman–Crippen MR) is 116 cm³/mol. The molecule has 0 fully saturated rings. The van der Waals surface area contributed by atoms with Crippen molar-refractivity contribution < 1.29 is 22.3 Å². The molecule has 158 valence electrons. The summed E-state index contributed by atoms with van der Waals surface area (Å²) in [7, 11) is -1.01. The third-order valence-corrected chi connectivity index (χ3v) is 5.89. The Balaban J connectivity index is 1.68. The maximum atomic E-state index is 13.1. The van der Waals surface area contributed by atoms with Crippen LogP contribution in [0.2, 0.25) is 0 Å². The van der Waals surface area contributed by atoms with Crippen LogP contribution >= 0.6 is 0 Å². The molecule has 31 heavy (non-hydrogen) atoms. The van der Waals surface area contributed by atoms with E-state index < -0.39 is 10.0 Å². The number of anilines is 1. The smallest absolute Gasteiger partial charge is 0.265 e. The molecule has 9 heteroatoms. The van der Waals surface area contributed by atoms with Gasteiger partial charge in [0.05, 0.1) is 14.2 Å². The first kappa shape index (κ1) is 20.4. The number of nitrogens with zero attached hydrogens (tertiary/aromatic N) is 2. The van der Waals surface area contributed by atoms with Crippen molar-refractivity contribution in [2.45, 2.75) is 4.90 Å². The molecule has 0 aliphatic rings. The number of nitrogens with one attached hydrogen (secondary N) is 1. The Labute approximate surface area is 179 Å². The molecule has 0 bridgehead atoms. The van der Waals surface area contributed by atoms with Crippen LogP contribution in [-0.2, 0) is 10.0 Å². The lowest BCUT2D eigenvalue weighted by Gasteiger charge is -2.12. The molecule has 0 aliphatic heterocycles. The number of hydrogen-bond donors (Lipinski definition) is 1. The van der Waals surface area contributed by atoms with Crippen molar-refractivity contribution in [3.63, 3.8) is 0 Å². The van der Waals surface area contributed by atoms with Crippen LogP contribution in [0.5, 0.6) is 11.5 Å². The Hall–Kier alpha value is -3.85. The van der Waals surface area contributed by atoms with Gasteiger partial charge in [0, 0.05) is 16.8 Å². The lowest BCUT2D eigenvalue weighted by molar-refractivity contribution is 0.403. The highest BCUT2D eigenvalue weighted by Gasteiger charge is 2.22. The molecular formula is C22H19N3O5S. The van der Waals surface area contributed by atoms with E-state index in [1.807, 2.05) is 30.3 Å². The Morgan fingerprint density at radius 2 is 1.48 bits per heavy atom. The van der Waals surface area contributed by atoms with Crippen molar-refractivity contribution in [2.24, 2.45) is 0 Å². The fraction of sp³-hybridized carbons (Fsp3) is 0.0909. The standard InChI is InChI=1S/C22H19N3O5S/c1-28-18-11-9-17(10-12-18)25-31(26,27)20-14-16(8-13-19(20)29-2)22-24-23-21(30-22)15-6-4-3-5-7-15/h3-14,25H,1-2H3. The molecule has 4 aromatic rings. The SMILES string of the molecule is COc1ccc(NS(=O)(=O)c2cc(-c3nnc(-c4ccccc4)o3)ccc2OC)cc1. The summed E-state index contributed by atoms with van der Waals surface area (Å²) < 4.78 is 44.8. The van der Waals surface area contributed by atoms with E-state index in [9.17, 15) is 8.42 Å². The molecule has 0 saturated carbocycles. The summed E-state index contributed by atoms with van der Waals surface area (Å²) in [5.41, 5.74) is 1.60. The molecule has 1 N–H and O–H groups in total. The number of ether oxygens (including phenoxy) is 2. The van der Waals surface area contributed by atoms with Gasteiger partial charge in [-0.05, 0) is 54.6 Å². The summed E-state index contributed by atoms with van der Waals surface area (Å²) in [6, 6.07) is 20.5. The zero-order chi connectivity index (χ0) is 21.8. The summed E-state index contributed by atoms with van der Waals surface area (Å²) in [5.74, 6) is 1.34. The van der Waals surface area contributed by atoms with E-state index in [0.29, 0.717) is 22.9 Å². The van der Waals surface area contributed by atoms with Crippen LogP contribution in [0.1, 0.15) is 0 Å². The van der Waals surface area contributed by atoms with Gasteiger partial charge >= 0.3 is 0 Å². The fourth-order valence-electron chi connectivity index (χ4n) is 2.93. The summed E-state index contributed by atoms with van der Waals surface area (Å²) in [5, 5.41) is 8.11. The molecule has 0 atom stereocenters. The van der Waals surface area contributed by atoms with Gasteiger partial charge < -0.3 is 13.9 Å². The second-order valence-electron chi connectivity index (χ2n) is 6.48. The molecule has 8 nitrogen and oxygen atoms in total. The molecule has 0 aliphatic carbocycles. The fourth-order valence-corrected chi connectivity index (χ4v) is 4.18. The van der Waals surface area contributed by atoms with Crippen LogP contribution in [0, 0.1) is 0 Å². The van der Waals surface area contributed by atoms with E-state index in [4.69, 9.17) is 13.9 Å². The predicted octanol–water partition coefficient (Wildman–Crippen LogP) is 4.22. The molecule has 1 aromatic heterocycles. The minimum atomic E-state index is -3.96. The van der Waals surface area contributed by atoms with Crippen LogP contribution in [0.25, 0.3) is 22.9 Å². The molecule has 0 unspecified atom stereocenters. The molecule has 0 radical (unpaired) electrons. The summed E-state index contributed by atoms with van der Waals surface area (Å²) >= 11 is 0. The van der Waals surface area contributed by atoms with Crippen LogP contribution < -0.4 is 14.2 Å². The van der Waals surface area contributed by atoms with Crippen LogP contribution in [0.15, 0.2) is 82.1 Å². The van der Waals surface area contributed by atoms with Crippen molar-refractivity contribution >= 4 is 15.7 Å². The second kappa shape index (κ2) is 8.49. The van der Waals surface area contributed by atoms with E-state index in [1.165, 1.54) is 20.3 Å². The maximum Gasteiger partial charge on any atom is 0.265 e. The first-order chi connectivity index (χ1) is 15.0. The maximum absolute atomic E-state index is 13.1. The van der Waals surface area contributed by atoms with Gasteiger partial charge in [-0.25, -0.2) is 8.42 Å². The Morgan fingerprint density at radius 1 is 0.806 bits per heavy atom. The second-order valence-corrected chi connectivity index (χ2v) is 8.13. The van der Waals surface area contributed by atoms with E-state index in [1.54, 1.807) is 36.4 Å². The quantitative estimate of drug-likeness (QED) is 0.462. The lowest BCUT2D eigenvalue weighted by atomic mass is 10.2. The van der Waals surface area contributed by atoms with E-state index >= 15 is 0 Å². The summed E-state index contributed by atoms with van der Waals surface area (Å²) in [4.78, 5) is -0.0530. The molecule has 1 heterocycles. The molecule has 4 rings (SSSR count). The normalized spacial score (nSPS) is 11.2. The van der Waals surface area contributed by atoms with Gasteiger partial charge in [0.15, 0.2) is 0 Å². The van der Waals surface area contributed by atoms with Gasteiger partial charge in [0.1, 0.15) is 16.4 Å². The topological polar surface area (TPSA) is 104 Å². The highest BCUT2D eigenvalue weighted by Crippen LogP contribution is 2.32. The number of benzene rings is 3. The summed E-state index contributed by atoms with van der Waals surface area (Å²) in [6.07, 6.45) is 0. The molecule has 3 aromatic carbocycles. The largest absolute Gasteiger partial charge is 0.497 e. The van der Waals surface area contributed by atoms with Crippen LogP contribution in [0.4, 0.5) is 5.69 Å². The highest BCUT2D eigenvalue weighted by molar-refractivity contribution is 7.92. The van der Waals surface area contributed by atoms with Crippen molar-refractivity contribution in [3.05, 3.63) is 72.8 Å². The minimum absolute atomic E-state index is 0.0530. The van der Waals surface area contributed by atoms with Crippen LogP contribution in [0.3, 0.4) is 0 Å². The van der Waals surface area contributed by atoms with Gasteiger partial charge in [0.2, 0.25) is 11.8 Å². The monoisotopic (exact) mass is 437 g/mol. The zero-order valence-corrected chi connectivity index (χ0v) is 17.6. The third-order valence-electron chi connectivity index (χ3n) is 4.49. The minimum Gasteiger partial charge on any atom is -0.497 e. The van der Waals surface area contributed by atoms with E-state index in [2.05, 4.69) is 14.9 Å². The highest BCUT2D eigenvalue weighted by atomic mass is 32.2. The Kier molecular flexibility index (Phi) is 5.59. The van der Waals surface area contributed by atoms with E-state index in [-0.39, 0.29) is 16.5 Å². The van der Waals surface area contributed by atoms with E-state index in [0.717, 1.165) is 5.56 Å². The van der Waals surface area contributed by atoms with Crippen molar-refractivity contribution in [2.75, 3.05) is 18.9 Å². The Bertz CT molecular complexity index is 1290. The number of rotatable bonds is 7. The first-order valence-corrected chi connectivity index (χ1v) is 10.7.